The number of ether oxygens (including phenoxy) is 1. The molecule has 1 amide bonds. The van der Waals surface area contributed by atoms with Gasteiger partial charge >= 0.3 is 0 Å². The van der Waals surface area contributed by atoms with Crippen molar-refractivity contribution in [3.05, 3.63) is 35.6 Å². The Morgan fingerprint density at radius 3 is 2.57 bits per heavy atom. The van der Waals surface area contributed by atoms with Gasteiger partial charge < -0.3 is 15.8 Å². The van der Waals surface area contributed by atoms with Gasteiger partial charge in [-0.05, 0) is 50.5 Å². The predicted octanol–water partition coefficient (Wildman–Crippen LogP) is 2.51. The van der Waals surface area contributed by atoms with Crippen molar-refractivity contribution in [2.45, 2.75) is 63.3 Å². The molecule has 1 aromatic rings. The summed E-state index contributed by atoms with van der Waals surface area (Å²) in [6.45, 7) is 0.341. The highest BCUT2D eigenvalue weighted by atomic mass is 19.1. The zero-order valence-electron chi connectivity index (χ0n) is 13.3. The van der Waals surface area contributed by atoms with E-state index in [1.54, 1.807) is 12.1 Å². The van der Waals surface area contributed by atoms with Crippen LogP contribution in [0.1, 0.15) is 44.1 Å². The topological polar surface area (TPSA) is 64.4 Å². The first-order valence-electron chi connectivity index (χ1n) is 8.54. The first kappa shape index (κ1) is 16.4. The Kier molecular flexibility index (Phi) is 5.28. The number of hydrogen-bond acceptors (Lipinski definition) is 3. The van der Waals surface area contributed by atoms with Crippen molar-refractivity contribution in [2.24, 2.45) is 11.7 Å². The van der Waals surface area contributed by atoms with Gasteiger partial charge in [-0.15, -0.1) is 0 Å². The zero-order valence-corrected chi connectivity index (χ0v) is 13.3. The summed E-state index contributed by atoms with van der Waals surface area (Å²) < 4.78 is 19.5. The molecule has 3 N–H and O–H groups in total. The summed E-state index contributed by atoms with van der Waals surface area (Å²) in [5.74, 6) is 0.149. The largest absolute Gasteiger partial charge is 0.373 e. The Balaban J connectivity index is 1.42. The first-order valence-corrected chi connectivity index (χ1v) is 8.54. The summed E-state index contributed by atoms with van der Waals surface area (Å²) in [5.41, 5.74) is 5.99. The number of benzene rings is 1. The Morgan fingerprint density at radius 2 is 1.91 bits per heavy atom. The highest BCUT2D eigenvalue weighted by molar-refractivity contribution is 5.80. The number of primary amides is 1. The Bertz CT molecular complexity index is 544. The number of amides is 1. The minimum Gasteiger partial charge on any atom is -0.373 e. The molecule has 0 unspecified atom stereocenters. The number of carbonyl (C=O) groups is 1. The van der Waals surface area contributed by atoms with Gasteiger partial charge in [0.15, 0.2) is 0 Å². The van der Waals surface area contributed by atoms with Gasteiger partial charge in [0.2, 0.25) is 5.91 Å². The summed E-state index contributed by atoms with van der Waals surface area (Å²) in [4.78, 5) is 11.2. The van der Waals surface area contributed by atoms with Crippen LogP contribution in [0.5, 0.6) is 0 Å². The fraction of sp³-hybridized carbons (Fsp3) is 0.611. The molecular formula is C18H25FN2O2. The summed E-state index contributed by atoms with van der Waals surface area (Å²) in [5, 5.41) is 3.38. The lowest BCUT2D eigenvalue weighted by Gasteiger charge is -2.32. The first-order chi connectivity index (χ1) is 11.1. The molecule has 0 spiro atoms. The molecule has 2 aliphatic rings. The molecule has 1 saturated carbocycles. The average molecular weight is 320 g/mol. The molecule has 0 aromatic heterocycles. The summed E-state index contributed by atoms with van der Waals surface area (Å²) in [7, 11) is 0. The van der Waals surface area contributed by atoms with Gasteiger partial charge in [-0.2, -0.15) is 0 Å². The van der Waals surface area contributed by atoms with Crippen LogP contribution in [-0.4, -0.2) is 24.1 Å². The molecule has 1 aliphatic heterocycles. The zero-order chi connectivity index (χ0) is 16.2. The van der Waals surface area contributed by atoms with Crippen LogP contribution in [0.4, 0.5) is 4.39 Å². The molecule has 2 atom stereocenters. The van der Waals surface area contributed by atoms with Gasteiger partial charge in [0.25, 0.3) is 0 Å². The SMILES string of the molecule is NC(=O)[C@@H]1CC[C@H](C2CCC(OCc3ccccc3F)CC2)N1. The summed E-state index contributed by atoms with van der Waals surface area (Å²) in [6, 6.07) is 7.01. The normalized spacial score (nSPS) is 31.2. The second kappa shape index (κ2) is 7.41. The van der Waals surface area contributed by atoms with Crippen LogP contribution >= 0.6 is 0 Å². The van der Waals surface area contributed by atoms with Crippen molar-refractivity contribution in [3.63, 3.8) is 0 Å². The van der Waals surface area contributed by atoms with E-state index in [1.807, 2.05) is 6.07 Å². The lowest BCUT2D eigenvalue weighted by atomic mass is 9.82. The van der Waals surface area contributed by atoms with Gasteiger partial charge in [-0.25, -0.2) is 4.39 Å². The third-order valence-electron chi connectivity index (χ3n) is 5.25. The molecular weight excluding hydrogens is 295 g/mol. The van der Waals surface area contributed by atoms with Crippen LogP contribution in [0, 0.1) is 11.7 Å². The molecule has 3 rings (SSSR count). The van der Waals surface area contributed by atoms with Crippen LogP contribution < -0.4 is 11.1 Å². The van der Waals surface area contributed by atoms with Crippen molar-refractivity contribution < 1.29 is 13.9 Å². The Morgan fingerprint density at radius 1 is 1.17 bits per heavy atom. The van der Waals surface area contributed by atoms with E-state index in [0.717, 1.165) is 38.5 Å². The molecule has 0 radical (unpaired) electrons. The van der Waals surface area contributed by atoms with Gasteiger partial charge in [-0.3, -0.25) is 4.79 Å². The standard InChI is InChI=1S/C18H25FN2O2/c19-15-4-2-1-3-13(15)11-23-14-7-5-12(6-8-14)16-9-10-17(21-16)18(20)22/h1-4,12,14,16-17,21H,5-11H2,(H2,20,22)/t12?,14?,16-,17+/m1/s1. The second-order valence-corrected chi connectivity index (χ2v) is 6.74. The molecule has 4 nitrogen and oxygen atoms in total. The highest BCUT2D eigenvalue weighted by Crippen LogP contribution is 2.33. The van der Waals surface area contributed by atoms with E-state index in [-0.39, 0.29) is 23.9 Å². The van der Waals surface area contributed by atoms with Crippen LogP contribution in [0.25, 0.3) is 0 Å². The highest BCUT2D eigenvalue weighted by Gasteiger charge is 2.34. The number of nitrogens with two attached hydrogens (primary N) is 1. The molecule has 23 heavy (non-hydrogen) atoms. The molecule has 1 aromatic carbocycles. The van der Waals surface area contributed by atoms with E-state index in [1.165, 1.54) is 6.07 Å². The number of halogens is 1. The van der Waals surface area contributed by atoms with E-state index in [9.17, 15) is 9.18 Å². The summed E-state index contributed by atoms with van der Waals surface area (Å²) >= 11 is 0. The van der Waals surface area contributed by atoms with Gasteiger partial charge in [0.1, 0.15) is 5.82 Å². The maximum absolute atomic E-state index is 13.6. The fourth-order valence-electron chi connectivity index (χ4n) is 3.85. The molecule has 1 saturated heterocycles. The van der Waals surface area contributed by atoms with Gasteiger partial charge in [-0.1, -0.05) is 18.2 Å². The lowest BCUT2D eigenvalue weighted by molar-refractivity contribution is -0.119. The third-order valence-corrected chi connectivity index (χ3v) is 5.25. The van der Waals surface area contributed by atoms with Crippen molar-refractivity contribution >= 4 is 5.91 Å². The molecule has 1 heterocycles. The van der Waals surface area contributed by atoms with E-state index < -0.39 is 0 Å². The summed E-state index contributed by atoms with van der Waals surface area (Å²) in [6.07, 6.45) is 6.26. The third kappa shape index (κ3) is 4.09. The Labute approximate surface area is 136 Å². The quantitative estimate of drug-likeness (QED) is 0.876. The maximum Gasteiger partial charge on any atom is 0.234 e. The molecule has 1 aliphatic carbocycles. The minimum atomic E-state index is -0.241. The smallest absolute Gasteiger partial charge is 0.234 e. The van der Waals surface area contributed by atoms with Crippen molar-refractivity contribution in [3.8, 4) is 0 Å². The lowest BCUT2D eigenvalue weighted by Crippen LogP contribution is -2.43. The van der Waals surface area contributed by atoms with E-state index >= 15 is 0 Å². The average Bonchev–Trinajstić information content (AvgIpc) is 3.05. The monoisotopic (exact) mass is 320 g/mol. The molecule has 0 bridgehead atoms. The van der Waals surface area contributed by atoms with E-state index in [2.05, 4.69) is 5.32 Å². The number of carbonyl (C=O) groups excluding carboxylic acids is 1. The van der Waals surface area contributed by atoms with Gasteiger partial charge in [0.05, 0.1) is 18.8 Å². The maximum atomic E-state index is 13.6. The predicted molar refractivity (Wildman–Crippen MR) is 86.1 cm³/mol. The van der Waals surface area contributed by atoms with Crippen LogP contribution in [-0.2, 0) is 16.1 Å². The van der Waals surface area contributed by atoms with Crippen molar-refractivity contribution in [1.82, 2.24) is 5.32 Å². The molecule has 5 heteroatoms. The number of nitrogens with one attached hydrogen (secondary N) is 1. The van der Waals surface area contributed by atoms with Crippen LogP contribution in [0.3, 0.4) is 0 Å². The minimum absolute atomic E-state index is 0.157. The van der Waals surface area contributed by atoms with Crippen LogP contribution in [0.2, 0.25) is 0 Å². The van der Waals surface area contributed by atoms with E-state index in [0.29, 0.717) is 24.1 Å². The van der Waals surface area contributed by atoms with Crippen molar-refractivity contribution in [2.75, 3.05) is 0 Å². The number of rotatable bonds is 5. The number of hydrogen-bond donors (Lipinski definition) is 2. The van der Waals surface area contributed by atoms with Crippen LogP contribution in [0.15, 0.2) is 24.3 Å². The molecule has 126 valence electrons. The Hall–Kier alpha value is -1.46. The molecule has 2 fully saturated rings. The second-order valence-electron chi connectivity index (χ2n) is 6.74. The van der Waals surface area contributed by atoms with Crippen molar-refractivity contribution in [1.29, 1.82) is 0 Å². The fourth-order valence-corrected chi connectivity index (χ4v) is 3.85. The van der Waals surface area contributed by atoms with E-state index in [4.69, 9.17) is 10.5 Å². The van der Waals surface area contributed by atoms with Gasteiger partial charge in [0, 0.05) is 11.6 Å².